The summed E-state index contributed by atoms with van der Waals surface area (Å²) in [4.78, 5) is 11.9. The van der Waals surface area contributed by atoms with Crippen LogP contribution in [0.25, 0.3) is 0 Å². The van der Waals surface area contributed by atoms with Gasteiger partial charge in [-0.15, -0.1) is 0 Å². The molecule has 27 heavy (non-hydrogen) atoms. The number of hydrogen-bond donors (Lipinski definition) is 2. The lowest BCUT2D eigenvalue weighted by Gasteiger charge is -2.14. The third-order valence-electron chi connectivity index (χ3n) is 3.90. The Balaban J connectivity index is 1.40. The summed E-state index contributed by atoms with van der Waals surface area (Å²) in [6.45, 7) is 1.24. The Morgan fingerprint density at radius 1 is 1.04 bits per heavy atom. The number of fused-ring (bicyclic) bond motifs is 1. The van der Waals surface area contributed by atoms with E-state index in [0.29, 0.717) is 48.4 Å². The van der Waals surface area contributed by atoms with Crippen LogP contribution in [0.5, 0.6) is 28.7 Å². The summed E-state index contributed by atoms with van der Waals surface area (Å²) < 4.78 is 26.7. The van der Waals surface area contributed by atoms with Gasteiger partial charge in [0, 0.05) is 6.54 Å². The number of benzene rings is 2. The molecule has 144 valence electrons. The first kappa shape index (κ1) is 18.5. The monoisotopic (exact) mass is 374 g/mol. The maximum absolute atomic E-state index is 11.9. The fourth-order valence-electron chi connectivity index (χ4n) is 2.59. The van der Waals surface area contributed by atoms with E-state index in [1.807, 2.05) is 24.3 Å². The Bertz CT molecular complexity index is 796. The minimum Gasteiger partial charge on any atom is -0.493 e. The molecule has 0 fully saturated rings. The maximum atomic E-state index is 11.9. The number of urea groups is 1. The SMILES string of the molecule is COc1cccc(OCCNC(=O)NCc2ccc3c(c2)OCO3)c1OC. The average molecular weight is 374 g/mol. The third kappa shape index (κ3) is 4.66. The lowest BCUT2D eigenvalue weighted by molar-refractivity contribution is 0.174. The maximum Gasteiger partial charge on any atom is 0.315 e. The zero-order chi connectivity index (χ0) is 19.1. The molecule has 0 spiro atoms. The van der Waals surface area contributed by atoms with Crippen molar-refractivity contribution in [1.82, 2.24) is 10.6 Å². The van der Waals surface area contributed by atoms with Gasteiger partial charge in [-0.1, -0.05) is 12.1 Å². The van der Waals surface area contributed by atoms with E-state index in [0.717, 1.165) is 5.56 Å². The van der Waals surface area contributed by atoms with Crippen LogP contribution in [-0.4, -0.2) is 40.2 Å². The van der Waals surface area contributed by atoms with Crippen molar-refractivity contribution in [3.8, 4) is 28.7 Å². The third-order valence-corrected chi connectivity index (χ3v) is 3.90. The number of para-hydroxylation sites is 1. The Hall–Kier alpha value is -3.29. The highest BCUT2D eigenvalue weighted by molar-refractivity contribution is 5.73. The predicted octanol–water partition coefficient (Wildman–Crippen LogP) is 2.31. The highest BCUT2D eigenvalue weighted by Crippen LogP contribution is 2.36. The minimum absolute atomic E-state index is 0.227. The molecule has 8 nitrogen and oxygen atoms in total. The molecule has 2 aromatic carbocycles. The van der Waals surface area contributed by atoms with Gasteiger partial charge in [0.2, 0.25) is 12.5 Å². The quantitative estimate of drug-likeness (QED) is 0.690. The van der Waals surface area contributed by atoms with Crippen molar-refractivity contribution in [1.29, 1.82) is 0 Å². The fourth-order valence-corrected chi connectivity index (χ4v) is 2.59. The summed E-state index contributed by atoms with van der Waals surface area (Å²) in [6, 6.07) is 10.6. The molecule has 0 aliphatic carbocycles. The highest BCUT2D eigenvalue weighted by atomic mass is 16.7. The van der Waals surface area contributed by atoms with Gasteiger partial charge in [-0.2, -0.15) is 0 Å². The second kappa shape index (κ2) is 8.88. The van der Waals surface area contributed by atoms with Crippen molar-refractivity contribution >= 4 is 6.03 Å². The van der Waals surface area contributed by atoms with E-state index in [1.54, 1.807) is 26.4 Å². The predicted molar refractivity (Wildman–Crippen MR) is 97.8 cm³/mol. The van der Waals surface area contributed by atoms with Crippen LogP contribution in [0.3, 0.4) is 0 Å². The Morgan fingerprint density at radius 3 is 2.67 bits per heavy atom. The van der Waals surface area contributed by atoms with Crippen LogP contribution in [0.4, 0.5) is 4.79 Å². The normalized spacial score (nSPS) is 11.6. The van der Waals surface area contributed by atoms with Crippen molar-refractivity contribution in [2.75, 3.05) is 34.2 Å². The van der Waals surface area contributed by atoms with Crippen LogP contribution < -0.4 is 34.3 Å². The smallest absolute Gasteiger partial charge is 0.315 e. The second-order valence-corrected chi connectivity index (χ2v) is 5.64. The number of carbonyl (C=O) groups is 1. The largest absolute Gasteiger partial charge is 0.493 e. The molecule has 3 rings (SSSR count). The average Bonchev–Trinajstić information content (AvgIpc) is 3.17. The van der Waals surface area contributed by atoms with Gasteiger partial charge in [0.25, 0.3) is 0 Å². The lowest BCUT2D eigenvalue weighted by Crippen LogP contribution is -2.37. The first-order valence-electron chi connectivity index (χ1n) is 8.45. The van der Waals surface area contributed by atoms with E-state index in [4.69, 9.17) is 23.7 Å². The molecule has 0 atom stereocenters. The molecular formula is C19H22N2O6. The molecule has 0 bridgehead atoms. The zero-order valence-electron chi connectivity index (χ0n) is 15.2. The van der Waals surface area contributed by atoms with E-state index in [9.17, 15) is 4.79 Å². The molecule has 0 aromatic heterocycles. The summed E-state index contributed by atoms with van der Waals surface area (Å²) >= 11 is 0. The van der Waals surface area contributed by atoms with Crippen molar-refractivity contribution in [2.45, 2.75) is 6.54 Å². The highest BCUT2D eigenvalue weighted by Gasteiger charge is 2.13. The summed E-state index contributed by atoms with van der Waals surface area (Å²) in [7, 11) is 3.11. The van der Waals surface area contributed by atoms with Gasteiger partial charge in [-0.05, 0) is 29.8 Å². The van der Waals surface area contributed by atoms with Crippen LogP contribution >= 0.6 is 0 Å². The van der Waals surface area contributed by atoms with Gasteiger partial charge < -0.3 is 34.3 Å². The van der Waals surface area contributed by atoms with Crippen molar-refractivity contribution in [2.24, 2.45) is 0 Å². The minimum atomic E-state index is -0.283. The molecule has 0 radical (unpaired) electrons. The summed E-state index contributed by atoms with van der Waals surface area (Å²) in [5, 5.41) is 5.52. The standard InChI is InChI=1S/C19H22N2O6/c1-23-15-4-3-5-16(18(15)24-2)25-9-8-20-19(22)21-11-13-6-7-14-17(10-13)27-12-26-14/h3-7,10H,8-9,11-12H2,1-2H3,(H2,20,21,22). The van der Waals surface area contributed by atoms with E-state index >= 15 is 0 Å². The topological polar surface area (TPSA) is 87.3 Å². The number of nitrogens with one attached hydrogen (secondary N) is 2. The summed E-state index contributed by atoms with van der Waals surface area (Å²) in [6.07, 6.45) is 0. The first-order valence-corrected chi connectivity index (χ1v) is 8.45. The van der Waals surface area contributed by atoms with Crippen LogP contribution in [0.15, 0.2) is 36.4 Å². The number of rotatable bonds is 8. The Labute approximate surface area is 157 Å². The van der Waals surface area contributed by atoms with E-state index < -0.39 is 0 Å². The molecule has 8 heteroatoms. The number of carbonyl (C=O) groups excluding carboxylic acids is 1. The Kier molecular flexibility index (Phi) is 6.09. The van der Waals surface area contributed by atoms with Crippen molar-refractivity contribution in [3.63, 3.8) is 0 Å². The van der Waals surface area contributed by atoms with Gasteiger partial charge in [0.1, 0.15) is 6.61 Å². The van der Waals surface area contributed by atoms with E-state index in [2.05, 4.69) is 10.6 Å². The Morgan fingerprint density at radius 2 is 1.85 bits per heavy atom. The molecule has 0 saturated carbocycles. The van der Waals surface area contributed by atoms with Gasteiger partial charge in [-0.25, -0.2) is 4.79 Å². The van der Waals surface area contributed by atoms with Crippen molar-refractivity contribution < 1.29 is 28.5 Å². The molecule has 1 aliphatic rings. The molecule has 0 saturated heterocycles. The molecule has 1 heterocycles. The van der Waals surface area contributed by atoms with Crippen LogP contribution in [0.1, 0.15) is 5.56 Å². The first-order chi connectivity index (χ1) is 13.2. The zero-order valence-corrected chi connectivity index (χ0v) is 15.2. The van der Waals surface area contributed by atoms with Crippen LogP contribution in [0.2, 0.25) is 0 Å². The van der Waals surface area contributed by atoms with Crippen molar-refractivity contribution in [3.05, 3.63) is 42.0 Å². The lowest BCUT2D eigenvalue weighted by atomic mass is 10.2. The van der Waals surface area contributed by atoms with Crippen LogP contribution in [-0.2, 0) is 6.54 Å². The van der Waals surface area contributed by atoms with Gasteiger partial charge in [0.15, 0.2) is 23.0 Å². The van der Waals surface area contributed by atoms with Gasteiger partial charge in [-0.3, -0.25) is 0 Å². The molecule has 1 aliphatic heterocycles. The molecule has 2 amide bonds. The van der Waals surface area contributed by atoms with Gasteiger partial charge in [0.05, 0.1) is 20.8 Å². The van der Waals surface area contributed by atoms with Crippen LogP contribution in [0, 0.1) is 0 Å². The number of hydrogen-bond acceptors (Lipinski definition) is 6. The second-order valence-electron chi connectivity index (χ2n) is 5.64. The molecular weight excluding hydrogens is 352 g/mol. The molecule has 2 aromatic rings. The molecule has 0 unspecified atom stereocenters. The number of ether oxygens (including phenoxy) is 5. The summed E-state index contributed by atoms with van der Waals surface area (Å²) in [5.74, 6) is 3.07. The summed E-state index contributed by atoms with van der Waals surface area (Å²) in [5.41, 5.74) is 0.923. The fraction of sp³-hybridized carbons (Fsp3) is 0.316. The van der Waals surface area contributed by atoms with E-state index in [1.165, 1.54) is 0 Å². The number of methoxy groups -OCH3 is 2. The number of amides is 2. The van der Waals surface area contributed by atoms with E-state index in [-0.39, 0.29) is 12.8 Å². The molecule has 2 N–H and O–H groups in total. The van der Waals surface area contributed by atoms with Gasteiger partial charge >= 0.3 is 6.03 Å².